The van der Waals surface area contributed by atoms with Gasteiger partial charge in [-0.25, -0.2) is 14.3 Å². The van der Waals surface area contributed by atoms with Crippen molar-refractivity contribution < 1.29 is 14.0 Å². The Morgan fingerprint density at radius 2 is 2.08 bits per heavy atom. The van der Waals surface area contributed by atoms with E-state index in [9.17, 15) is 14.4 Å². The molecule has 0 saturated carbocycles. The highest BCUT2D eigenvalue weighted by atomic mass is 16.4. The van der Waals surface area contributed by atoms with Gasteiger partial charge in [0.15, 0.2) is 5.58 Å². The number of fused-ring (bicyclic) bond motifs is 3. The molecule has 1 aliphatic carbocycles. The van der Waals surface area contributed by atoms with Crippen LogP contribution in [-0.2, 0) is 20.0 Å². The van der Waals surface area contributed by atoms with Crippen molar-refractivity contribution in [3.63, 3.8) is 0 Å². The Hall–Kier alpha value is -4.57. The first-order valence-corrected chi connectivity index (χ1v) is 12.5. The second kappa shape index (κ2) is 9.38. The van der Waals surface area contributed by atoms with E-state index >= 15 is 0 Å². The molecule has 10 nitrogen and oxygen atoms in total. The molecule has 3 aromatic heterocycles. The molecule has 0 bridgehead atoms. The van der Waals surface area contributed by atoms with Crippen molar-refractivity contribution >= 4 is 28.8 Å². The summed E-state index contributed by atoms with van der Waals surface area (Å²) in [7, 11) is 1.68. The molecule has 2 N–H and O–H groups in total. The van der Waals surface area contributed by atoms with Crippen molar-refractivity contribution in [2.24, 2.45) is 7.05 Å². The van der Waals surface area contributed by atoms with Gasteiger partial charge in [-0.15, -0.1) is 0 Å². The molecule has 10 heteroatoms. The van der Waals surface area contributed by atoms with Gasteiger partial charge in [-0.3, -0.25) is 14.2 Å². The van der Waals surface area contributed by atoms with E-state index in [0.717, 1.165) is 46.9 Å². The number of hydrogen-bond acceptors (Lipinski definition) is 7. The van der Waals surface area contributed by atoms with E-state index in [1.165, 1.54) is 4.57 Å². The van der Waals surface area contributed by atoms with Crippen LogP contribution in [0, 0.1) is 0 Å². The summed E-state index contributed by atoms with van der Waals surface area (Å²) in [5.74, 6) is -0.491. The topological polar surface area (TPSA) is 124 Å². The lowest BCUT2D eigenvalue weighted by molar-refractivity contribution is 0.0922. The van der Waals surface area contributed by atoms with Gasteiger partial charge in [-0.1, -0.05) is 18.2 Å². The molecule has 0 fully saturated rings. The van der Waals surface area contributed by atoms with Crippen LogP contribution in [0.4, 0.5) is 0 Å². The maximum Gasteiger partial charge on any atom is 0.419 e. The van der Waals surface area contributed by atoms with E-state index in [-0.39, 0.29) is 23.8 Å². The third kappa shape index (κ3) is 4.18. The molecule has 1 unspecified atom stereocenters. The van der Waals surface area contributed by atoms with Crippen LogP contribution < -0.4 is 16.4 Å². The minimum absolute atomic E-state index is 0.154. The highest BCUT2D eigenvalue weighted by Crippen LogP contribution is 2.32. The Balaban J connectivity index is 1.22. The zero-order chi connectivity index (χ0) is 26.4. The minimum atomic E-state index is -0.394. The number of aryl methyl sites for hydroxylation is 2. The summed E-state index contributed by atoms with van der Waals surface area (Å²) in [6.45, 7) is 2.52. The fourth-order valence-corrected chi connectivity index (χ4v) is 5.06. The van der Waals surface area contributed by atoms with E-state index in [4.69, 9.17) is 9.40 Å². The highest BCUT2D eigenvalue weighted by Gasteiger charge is 2.26. The summed E-state index contributed by atoms with van der Waals surface area (Å²) in [6, 6.07) is 14.6. The van der Waals surface area contributed by atoms with Crippen LogP contribution in [-0.4, -0.2) is 31.4 Å². The molecule has 5 aromatic rings. The third-order valence-electron chi connectivity index (χ3n) is 7.20. The maximum absolute atomic E-state index is 13.4. The number of amides is 1. The van der Waals surface area contributed by atoms with Crippen LogP contribution in [0.15, 0.2) is 63.9 Å². The summed E-state index contributed by atoms with van der Waals surface area (Å²) in [5, 5.41) is 10.9. The normalized spacial score (nSPS) is 15.6. The summed E-state index contributed by atoms with van der Waals surface area (Å²) in [6.07, 6.45) is 4.04. The quantitative estimate of drug-likeness (QED) is 0.322. The Morgan fingerprint density at radius 1 is 1.21 bits per heavy atom. The first kappa shape index (κ1) is 23.8. The standard InChI is InChI=1S/C28H26N6O4/c1-16(29-14-17-4-8-25-24(12-17)33(2)28(37)38-25)23-13-20-9-10-30-34(20)26(31-23)27(36)32-22-7-5-19-11-18(15-35)3-6-21(19)22/h3-4,6,8-13,15-16,22,29H,5,7,14H2,1-2H3,(H,32,36)/t16?,22-/m0/s1. The van der Waals surface area contributed by atoms with Gasteiger partial charge in [0.05, 0.1) is 29.0 Å². The van der Waals surface area contributed by atoms with E-state index in [1.54, 1.807) is 29.9 Å². The largest absolute Gasteiger partial charge is 0.419 e. The van der Waals surface area contributed by atoms with Crippen LogP contribution in [0.1, 0.15) is 68.8 Å². The van der Waals surface area contributed by atoms with Gasteiger partial charge < -0.3 is 15.1 Å². The summed E-state index contributed by atoms with van der Waals surface area (Å²) < 4.78 is 8.24. The van der Waals surface area contributed by atoms with Gasteiger partial charge in [-0.05, 0) is 66.8 Å². The number of carbonyl (C=O) groups is 2. The SMILES string of the molecule is CC(NCc1ccc2oc(=O)n(C)c2c1)c1cc2ccnn2c(C(=O)N[C@H]2CCc3cc(C=O)ccc32)n1. The fourth-order valence-electron chi connectivity index (χ4n) is 5.06. The molecular weight excluding hydrogens is 484 g/mol. The molecule has 0 aliphatic heterocycles. The van der Waals surface area contributed by atoms with Gasteiger partial charge in [0.25, 0.3) is 5.91 Å². The van der Waals surface area contributed by atoms with Gasteiger partial charge in [0.2, 0.25) is 5.82 Å². The molecular formula is C28H26N6O4. The number of nitrogens with zero attached hydrogens (tertiary/aromatic N) is 4. The van der Waals surface area contributed by atoms with Crippen LogP contribution in [0.2, 0.25) is 0 Å². The lowest BCUT2D eigenvalue weighted by atomic mass is 10.1. The Morgan fingerprint density at radius 3 is 2.92 bits per heavy atom. The molecule has 3 heterocycles. The molecule has 192 valence electrons. The van der Waals surface area contributed by atoms with E-state index in [0.29, 0.717) is 23.4 Å². The molecule has 2 aromatic carbocycles. The van der Waals surface area contributed by atoms with Gasteiger partial charge in [0, 0.05) is 25.2 Å². The number of oxazole rings is 1. The highest BCUT2D eigenvalue weighted by molar-refractivity contribution is 5.92. The van der Waals surface area contributed by atoms with Crippen LogP contribution in [0.3, 0.4) is 0 Å². The molecule has 0 saturated heterocycles. The number of hydrogen-bond donors (Lipinski definition) is 2. The monoisotopic (exact) mass is 510 g/mol. The number of aromatic nitrogens is 4. The summed E-state index contributed by atoms with van der Waals surface area (Å²) in [4.78, 5) is 41.0. The van der Waals surface area contributed by atoms with Gasteiger partial charge in [-0.2, -0.15) is 5.10 Å². The van der Waals surface area contributed by atoms with Crippen LogP contribution in [0.25, 0.3) is 16.6 Å². The van der Waals surface area contributed by atoms with E-state index in [2.05, 4.69) is 15.7 Å². The Labute approximate surface area is 217 Å². The zero-order valence-corrected chi connectivity index (χ0v) is 21.0. The fraction of sp³-hybridized carbons (Fsp3) is 0.250. The minimum Gasteiger partial charge on any atom is -0.408 e. The second-order valence-electron chi connectivity index (χ2n) is 9.64. The predicted octanol–water partition coefficient (Wildman–Crippen LogP) is 3.25. The smallest absolute Gasteiger partial charge is 0.408 e. The van der Waals surface area contributed by atoms with Crippen molar-refractivity contribution in [1.29, 1.82) is 0 Å². The van der Waals surface area contributed by atoms with E-state index < -0.39 is 5.76 Å². The van der Waals surface area contributed by atoms with Crippen molar-refractivity contribution in [3.05, 3.63) is 99.1 Å². The Kier molecular flexibility index (Phi) is 5.88. The first-order chi connectivity index (χ1) is 18.4. The summed E-state index contributed by atoms with van der Waals surface area (Å²) >= 11 is 0. The van der Waals surface area contributed by atoms with Crippen molar-refractivity contribution in [2.45, 2.75) is 38.4 Å². The van der Waals surface area contributed by atoms with E-state index in [1.807, 2.05) is 43.3 Å². The molecule has 2 atom stereocenters. The lowest BCUT2D eigenvalue weighted by Crippen LogP contribution is -2.31. The molecule has 0 radical (unpaired) electrons. The van der Waals surface area contributed by atoms with Crippen LogP contribution in [0.5, 0.6) is 0 Å². The number of rotatable bonds is 7. The number of nitrogens with one attached hydrogen (secondary N) is 2. The average molecular weight is 511 g/mol. The maximum atomic E-state index is 13.4. The average Bonchev–Trinajstić information content (AvgIpc) is 3.64. The summed E-state index contributed by atoms with van der Waals surface area (Å²) in [5.41, 5.74) is 6.49. The third-order valence-corrected chi connectivity index (χ3v) is 7.20. The van der Waals surface area contributed by atoms with Crippen LogP contribution >= 0.6 is 0 Å². The van der Waals surface area contributed by atoms with Crippen molar-refractivity contribution in [3.8, 4) is 0 Å². The molecule has 1 amide bonds. The van der Waals surface area contributed by atoms with Gasteiger partial charge >= 0.3 is 5.76 Å². The zero-order valence-electron chi connectivity index (χ0n) is 21.0. The second-order valence-corrected chi connectivity index (χ2v) is 9.64. The number of carbonyl (C=O) groups excluding carboxylic acids is 2. The van der Waals surface area contributed by atoms with Crippen molar-refractivity contribution in [1.82, 2.24) is 29.8 Å². The molecule has 1 aliphatic rings. The molecule has 38 heavy (non-hydrogen) atoms. The van der Waals surface area contributed by atoms with Gasteiger partial charge in [0.1, 0.15) is 6.29 Å². The number of benzene rings is 2. The Bertz CT molecular complexity index is 1760. The molecule has 6 rings (SSSR count). The predicted molar refractivity (Wildman–Crippen MR) is 140 cm³/mol. The number of aldehydes is 1. The first-order valence-electron chi connectivity index (χ1n) is 12.5. The molecule has 0 spiro atoms. The lowest BCUT2D eigenvalue weighted by Gasteiger charge is -2.17. The van der Waals surface area contributed by atoms with Crippen molar-refractivity contribution in [2.75, 3.05) is 0 Å².